The smallest absolute Gasteiger partial charge is 0.240 e. The third kappa shape index (κ3) is 4.00. The van der Waals surface area contributed by atoms with Crippen molar-refractivity contribution in [1.82, 2.24) is 4.72 Å². The molecule has 0 bridgehead atoms. The van der Waals surface area contributed by atoms with E-state index in [1.54, 1.807) is 6.07 Å². The zero-order chi connectivity index (χ0) is 15.5. The van der Waals surface area contributed by atoms with Crippen molar-refractivity contribution in [2.75, 3.05) is 12.3 Å². The lowest BCUT2D eigenvalue weighted by molar-refractivity contribution is 0.551. The van der Waals surface area contributed by atoms with Crippen LogP contribution in [0.2, 0.25) is 0 Å². The highest BCUT2D eigenvalue weighted by Crippen LogP contribution is 2.37. The minimum atomic E-state index is -3.48. The van der Waals surface area contributed by atoms with Crippen molar-refractivity contribution in [2.24, 2.45) is 5.73 Å². The molecule has 0 aliphatic carbocycles. The van der Waals surface area contributed by atoms with Crippen molar-refractivity contribution in [2.45, 2.75) is 49.3 Å². The topological polar surface area (TPSA) is 72.2 Å². The zero-order valence-corrected chi connectivity index (χ0v) is 14.3. The van der Waals surface area contributed by atoms with E-state index in [9.17, 15) is 8.42 Å². The normalized spacial score (nSPS) is 22.6. The van der Waals surface area contributed by atoms with Crippen LogP contribution in [0.3, 0.4) is 0 Å². The molecule has 6 heteroatoms. The number of hydrogen-bond acceptors (Lipinski definition) is 4. The molecule has 21 heavy (non-hydrogen) atoms. The molecule has 0 aromatic heterocycles. The summed E-state index contributed by atoms with van der Waals surface area (Å²) in [5.41, 5.74) is 7.31. The Labute approximate surface area is 131 Å². The van der Waals surface area contributed by atoms with Crippen LogP contribution >= 0.6 is 11.8 Å². The largest absolute Gasteiger partial charge is 0.326 e. The van der Waals surface area contributed by atoms with Crippen molar-refractivity contribution in [1.29, 1.82) is 0 Å². The quantitative estimate of drug-likeness (QED) is 0.840. The van der Waals surface area contributed by atoms with Gasteiger partial charge in [-0.05, 0) is 49.1 Å². The molecule has 0 radical (unpaired) electrons. The molecule has 1 atom stereocenters. The van der Waals surface area contributed by atoms with E-state index < -0.39 is 10.0 Å². The first kappa shape index (κ1) is 16.8. The zero-order valence-electron chi connectivity index (χ0n) is 12.7. The van der Waals surface area contributed by atoms with Gasteiger partial charge in [0.05, 0.1) is 4.90 Å². The Morgan fingerprint density at radius 1 is 1.43 bits per heavy atom. The third-order valence-electron chi connectivity index (χ3n) is 3.97. The Bertz CT molecular complexity index is 594. The molecule has 0 amide bonds. The van der Waals surface area contributed by atoms with Gasteiger partial charge in [0.1, 0.15) is 0 Å². The van der Waals surface area contributed by atoms with E-state index in [4.69, 9.17) is 5.73 Å². The second-order valence-corrected chi connectivity index (χ2v) is 9.14. The maximum Gasteiger partial charge on any atom is 0.240 e. The number of rotatable bonds is 6. The minimum Gasteiger partial charge on any atom is -0.326 e. The average molecular weight is 329 g/mol. The van der Waals surface area contributed by atoms with Crippen LogP contribution in [0, 0.1) is 0 Å². The molecule has 1 aliphatic heterocycles. The van der Waals surface area contributed by atoms with Gasteiger partial charge in [-0.25, -0.2) is 13.1 Å². The fourth-order valence-corrected chi connectivity index (χ4v) is 5.43. The van der Waals surface area contributed by atoms with Gasteiger partial charge in [0.25, 0.3) is 0 Å². The first-order valence-corrected chi connectivity index (χ1v) is 9.82. The van der Waals surface area contributed by atoms with Crippen LogP contribution in [0.1, 0.15) is 37.8 Å². The second-order valence-electron chi connectivity index (χ2n) is 5.73. The van der Waals surface area contributed by atoms with Gasteiger partial charge in [0.2, 0.25) is 10.0 Å². The molecule has 1 unspecified atom stereocenters. The number of hydrogen-bond donors (Lipinski definition) is 2. The predicted molar refractivity (Wildman–Crippen MR) is 89.0 cm³/mol. The van der Waals surface area contributed by atoms with Crippen molar-refractivity contribution in [3.05, 3.63) is 29.3 Å². The Balaban J connectivity index is 2.22. The number of nitrogens with two attached hydrogens (primary N) is 1. The molecular weight excluding hydrogens is 304 g/mol. The van der Waals surface area contributed by atoms with Crippen LogP contribution in [-0.2, 0) is 23.0 Å². The summed E-state index contributed by atoms with van der Waals surface area (Å²) in [5, 5.41) is 0. The van der Waals surface area contributed by atoms with Gasteiger partial charge >= 0.3 is 0 Å². The lowest BCUT2D eigenvalue weighted by atomic mass is 10.1. The molecule has 3 N–H and O–H groups in total. The predicted octanol–water partition coefficient (Wildman–Crippen LogP) is 2.27. The first-order chi connectivity index (χ1) is 9.90. The summed E-state index contributed by atoms with van der Waals surface area (Å²) < 4.78 is 28.0. The molecule has 4 nitrogen and oxygen atoms in total. The Morgan fingerprint density at radius 2 is 2.19 bits per heavy atom. The number of aryl methyl sites for hydroxylation is 1. The van der Waals surface area contributed by atoms with Gasteiger partial charge in [0.15, 0.2) is 0 Å². The van der Waals surface area contributed by atoms with Crippen molar-refractivity contribution >= 4 is 21.8 Å². The van der Waals surface area contributed by atoms with Crippen LogP contribution in [-0.4, -0.2) is 25.5 Å². The van der Waals surface area contributed by atoms with Gasteiger partial charge in [-0.1, -0.05) is 19.1 Å². The molecule has 1 aromatic rings. The van der Waals surface area contributed by atoms with E-state index in [1.807, 2.05) is 30.8 Å². The van der Waals surface area contributed by atoms with E-state index in [1.165, 1.54) is 0 Å². The molecule has 1 fully saturated rings. The van der Waals surface area contributed by atoms with Crippen molar-refractivity contribution < 1.29 is 8.42 Å². The molecule has 2 rings (SSSR count). The summed E-state index contributed by atoms with van der Waals surface area (Å²) in [6.45, 7) is 4.92. The van der Waals surface area contributed by atoms with E-state index in [2.05, 4.69) is 11.6 Å². The van der Waals surface area contributed by atoms with E-state index in [0.29, 0.717) is 24.4 Å². The molecule has 118 valence electrons. The Hall–Kier alpha value is -0.560. The molecule has 1 heterocycles. The van der Waals surface area contributed by atoms with Gasteiger partial charge in [-0.3, -0.25) is 0 Å². The molecule has 1 aliphatic rings. The van der Waals surface area contributed by atoms with Gasteiger partial charge in [-0.2, -0.15) is 11.8 Å². The summed E-state index contributed by atoms with van der Waals surface area (Å²) in [7, 11) is -3.48. The average Bonchev–Trinajstić information content (AvgIpc) is 2.92. The molecule has 1 saturated heterocycles. The lowest BCUT2D eigenvalue weighted by Gasteiger charge is -2.23. The maximum atomic E-state index is 12.6. The number of sulfonamides is 1. The fraction of sp³-hybridized carbons (Fsp3) is 0.600. The third-order valence-corrected chi connectivity index (χ3v) is 7.00. The highest BCUT2D eigenvalue weighted by atomic mass is 32.2. The summed E-state index contributed by atoms with van der Waals surface area (Å²) in [4.78, 5) is 0.375. The monoisotopic (exact) mass is 328 g/mol. The summed E-state index contributed by atoms with van der Waals surface area (Å²) in [6, 6.07) is 5.46. The summed E-state index contributed by atoms with van der Waals surface area (Å²) >= 11 is 1.85. The van der Waals surface area contributed by atoms with Crippen LogP contribution < -0.4 is 10.5 Å². The van der Waals surface area contributed by atoms with Gasteiger partial charge in [0, 0.05) is 17.8 Å². The van der Waals surface area contributed by atoms with Gasteiger partial charge < -0.3 is 5.73 Å². The first-order valence-electron chi connectivity index (χ1n) is 7.36. The van der Waals surface area contributed by atoms with Crippen LogP contribution in [0.4, 0.5) is 0 Å². The van der Waals surface area contributed by atoms with Crippen LogP contribution in [0.15, 0.2) is 23.1 Å². The maximum absolute atomic E-state index is 12.6. The van der Waals surface area contributed by atoms with E-state index in [0.717, 1.165) is 29.7 Å². The van der Waals surface area contributed by atoms with E-state index in [-0.39, 0.29) is 4.75 Å². The van der Waals surface area contributed by atoms with Gasteiger partial charge in [-0.15, -0.1) is 0 Å². The number of nitrogens with one attached hydrogen (secondary N) is 1. The van der Waals surface area contributed by atoms with Crippen molar-refractivity contribution in [3.63, 3.8) is 0 Å². The van der Waals surface area contributed by atoms with Crippen LogP contribution in [0.5, 0.6) is 0 Å². The SMILES string of the molecule is CCc1ccc(CN)cc1S(=O)(=O)NCC1(C)CCCS1. The Morgan fingerprint density at radius 3 is 2.76 bits per heavy atom. The molecule has 1 aromatic carbocycles. The highest BCUT2D eigenvalue weighted by Gasteiger charge is 2.31. The molecule has 0 spiro atoms. The van der Waals surface area contributed by atoms with Crippen LogP contribution in [0.25, 0.3) is 0 Å². The highest BCUT2D eigenvalue weighted by molar-refractivity contribution is 8.01. The minimum absolute atomic E-state index is 0.0188. The van der Waals surface area contributed by atoms with Crippen molar-refractivity contribution in [3.8, 4) is 0 Å². The lowest BCUT2D eigenvalue weighted by Crippen LogP contribution is -2.37. The number of benzene rings is 1. The summed E-state index contributed by atoms with van der Waals surface area (Å²) in [6.07, 6.45) is 2.91. The Kier molecular flexibility index (Phi) is 5.35. The standard InChI is InChI=1S/C15H24N2O2S2/c1-3-13-6-5-12(10-16)9-14(13)21(18,19)17-11-15(2)7-4-8-20-15/h5-6,9,17H,3-4,7-8,10-11,16H2,1-2H3. The number of thioether (sulfide) groups is 1. The second kappa shape index (κ2) is 6.69. The molecular formula is C15H24N2O2S2. The summed E-state index contributed by atoms with van der Waals surface area (Å²) in [5.74, 6) is 1.11. The fourth-order valence-electron chi connectivity index (χ4n) is 2.57. The van der Waals surface area contributed by atoms with E-state index >= 15 is 0 Å². The molecule has 0 saturated carbocycles.